The first-order valence-electron chi connectivity index (χ1n) is 4.05. The summed E-state index contributed by atoms with van der Waals surface area (Å²) in [5, 5.41) is 4.15. The van der Waals surface area contributed by atoms with E-state index < -0.39 is 0 Å². The number of aromatic nitrogens is 1. The zero-order chi connectivity index (χ0) is 10.1. The fraction of sp³-hybridized carbons (Fsp3) is 0.100. The van der Waals surface area contributed by atoms with Crippen molar-refractivity contribution >= 4 is 11.6 Å². The van der Waals surface area contributed by atoms with E-state index in [1.165, 1.54) is 18.2 Å². The molecule has 1 heterocycles. The van der Waals surface area contributed by atoms with Crippen molar-refractivity contribution in [3.05, 3.63) is 40.8 Å². The second-order valence-electron chi connectivity index (χ2n) is 2.96. The Morgan fingerprint density at radius 1 is 1.36 bits per heavy atom. The van der Waals surface area contributed by atoms with Gasteiger partial charge in [-0.25, -0.2) is 4.39 Å². The molecule has 2 nitrogen and oxygen atoms in total. The van der Waals surface area contributed by atoms with E-state index in [-0.39, 0.29) is 5.82 Å². The Morgan fingerprint density at radius 2 is 2.14 bits per heavy atom. The van der Waals surface area contributed by atoms with Gasteiger partial charge in [0, 0.05) is 11.1 Å². The minimum absolute atomic E-state index is 0.332. The number of rotatable bonds is 1. The Kier molecular flexibility index (Phi) is 2.25. The van der Waals surface area contributed by atoms with Crippen molar-refractivity contribution in [1.82, 2.24) is 5.16 Å². The third-order valence-electron chi connectivity index (χ3n) is 1.82. The predicted octanol–water partition coefficient (Wildman–Crippen LogP) is 3.44. The van der Waals surface area contributed by atoms with Gasteiger partial charge in [0.15, 0.2) is 5.76 Å². The molecule has 0 saturated heterocycles. The lowest BCUT2D eigenvalue weighted by atomic mass is 10.1. The molecule has 0 fully saturated rings. The molecule has 0 spiro atoms. The molecular weight excluding hydrogens is 205 g/mol. The van der Waals surface area contributed by atoms with E-state index in [4.69, 9.17) is 16.1 Å². The molecule has 0 aliphatic carbocycles. The molecule has 0 atom stereocenters. The number of halogens is 2. The van der Waals surface area contributed by atoms with Crippen molar-refractivity contribution in [1.29, 1.82) is 0 Å². The van der Waals surface area contributed by atoms with Crippen LogP contribution >= 0.6 is 11.6 Å². The third-order valence-corrected chi connectivity index (χ3v) is 2.06. The maximum atomic E-state index is 13.3. The molecule has 0 N–H and O–H groups in total. The van der Waals surface area contributed by atoms with Gasteiger partial charge in [-0.1, -0.05) is 16.8 Å². The van der Waals surface area contributed by atoms with Gasteiger partial charge in [-0.2, -0.15) is 0 Å². The molecule has 0 aliphatic heterocycles. The summed E-state index contributed by atoms with van der Waals surface area (Å²) in [5.41, 5.74) is 1.04. The highest BCUT2D eigenvalue weighted by atomic mass is 35.5. The molecule has 0 saturated carbocycles. The molecule has 2 rings (SSSR count). The Labute approximate surface area is 85.3 Å². The Hall–Kier alpha value is -1.35. The van der Waals surface area contributed by atoms with Crippen molar-refractivity contribution in [2.45, 2.75) is 6.92 Å². The van der Waals surface area contributed by atoms with E-state index >= 15 is 0 Å². The fourth-order valence-corrected chi connectivity index (χ4v) is 1.35. The molecule has 72 valence electrons. The van der Waals surface area contributed by atoms with E-state index in [2.05, 4.69) is 5.16 Å². The molecule has 4 heteroatoms. The first-order valence-corrected chi connectivity index (χ1v) is 4.43. The van der Waals surface area contributed by atoms with Gasteiger partial charge in [0.25, 0.3) is 0 Å². The molecule has 0 bridgehead atoms. The molecule has 0 aliphatic rings. The summed E-state index contributed by atoms with van der Waals surface area (Å²) in [6.07, 6.45) is 0. The van der Waals surface area contributed by atoms with E-state index in [9.17, 15) is 4.39 Å². The normalized spacial score (nSPS) is 10.5. The fourth-order valence-electron chi connectivity index (χ4n) is 1.18. The van der Waals surface area contributed by atoms with Gasteiger partial charge < -0.3 is 4.52 Å². The van der Waals surface area contributed by atoms with Gasteiger partial charge in [-0.3, -0.25) is 0 Å². The lowest BCUT2D eigenvalue weighted by Crippen LogP contribution is -1.81. The summed E-state index contributed by atoms with van der Waals surface area (Å²) in [7, 11) is 0. The molecule has 14 heavy (non-hydrogen) atoms. The minimum Gasteiger partial charge on any atom is -0.356 e. The van der Waals surface area contributed by atoms with Crippen LogP contribution in [0.15, 0.2) is 28.8 Å². The van der Waals surface area contributed by atoms with Crippen LogP contribution in [0.4, 0.5) is 4.39 Å². The highest BCUT2D eigenvalue weighted by Gasteiger charge is 2.10. The predicted molar refractivity (Wildman–Crippen MR) is 51.6 cm³/mol. The van der Waals surface area contributed by atoms with Crippen LogP contribution < -0.4 is 0 Å². The molecule has 2 aromatic rings. The SMILES string of the molecule is Cc1cc(-c2cc(Cl)ccc2F)on1. The van der Waals surface area contributed by atoms with Gasteiger partial charge in [-0.05, 0) is 25.1 Å². The number of benzene rings is 1. The number of nitrogens with zero attached hydrogens (tertiary/aromatic N) is 1. The van der Waals surface area contributed by atoms with Gasteiger partial charge in [-0.15, -0.1) is 0 Å². The quantitative estimate of drug-likeness (QED) is 0.722. The van der Waals surface area contributed by atoms with Crippen molar-refractivity contribution < 1.29 is 8.91 Å². The van der Waals surface area contributed by atoms with Crippen LogP contribution in [0.2, 0.25) is 5.02 Å². The topological polar surface area (TPSA) is 26.0 Å². The second-order valence-corrected chi connectivity index (χ2v) is 3.39. The highest BCUT2D eigenvalue weighted by Crippen LogP contribution is 2.26. The van der Waals surface area contributed by atoms with E-state index in [1.807, 2.05) is 0 Å². The van der Waals surface area contributed by atoms with Crippen LogP contribution in [0.3, 0.4) is 0 Å². The van der Waals surface area contributed by atoms with E-state index in [0.29, 0.717) is 22.0 Å². The lowest BCUT2D eigenvalue weighted by Gasteiger charge is -1.97. The lowest BCUT2D eigenvalue weighted by molar-refractivity contribution is 0.425. The average molecular weight is 212 g/mol. The molecule has 0 radical (unpaired) electrons. The first kappa shape index (κ1) is 9.21. The summed E-state index contributed by atoms with van der Waals surface area (Å²) in [4.78, 5) is 0. The van der Waals surface area contributed by atoms with Gasteiger partial charge >= 0.3 is 0 Å². The van der Waals surface area contributed by atoms with Crippen molar-refractivity contribution in [2.24, 2.45) is 0 Å². The number of hydrogen-bond acceptors (Lipinski definition) is 2. The van der Waals surface area contributed by atoms with Crippen LogP contribution in [-0.2, 0) is 0 Å². The summed E-state index contributed by atoms with van der Waals surface area (Å²) in [6.45, 7) is 1.77. The largest absolute Gasteiger partial charge is 0.356 e. The van der Waals surface area contributed by atoms with Crippen LogP contribution in [-0.4, -0.2) is 5.16 Å². The van der Waals surface area contributed by atoms with Crippen LogP contribution in [0.1, 0.15) is 5.69 Å². The summed E-state index contributed by atoms with van der Waals surface area (Å²) >= 11 is 5.74. The molecule has 0 amide bonds. The smallest absolute Gasteiger partial charge is 0.170 e. The zero-order valence-electron chi connectivity index (χ0n) is 7.42. The molecule has 0 unspecified atom stereocenters. The van der Waals surface area contributed by atoms with Gasteiger partial charge in [0.2, 0.25) is 0 Å². The molecule has 1 aromatic carbocycles. The first-order chi connectivity index (χ1) is 6.66. The van der Waals surface area contributed by atoms with Crippen LogP contribution in [0.25, 0.3) is 11.3 Å². The summed E-state index contributed by atoms with van der Waals surface area (Å²) in [5.74, 6) is 0.0213. The number of hydrogen-bond donors (Lipinski definition) is 0. The van der Waals surface area contributed by atoms with Gasteiger partial charge in [0.1, 0.15) is 5.82 Å². The maximum absolute atomic E-state index is 13.3. The second kappa shape index (κ2) is 3.42. The summed E-state index contributed by atoms with van der Waals surface area (Å²) in [6, 6.07) is 5.96. The average Bonchev–Trinajstić information content (AvgIpc) is 2.56. The Balaban J connectivity index is 2.55. The van der Waals surface area contributed by atoms with Gasteiger partial charge in [0.05, 0.1) is 11.3 Å². The Morgan fingerprint density at radius 3 is 2.79 bits per heavy atom. The van der Waals surface area contributed by atoms with E-state index in [1.54, 1.807) is 13.0 Å². The summed E-state index contributed by atoms with van der Waals surface area (Å²) < 4.78 is 18.3. The maximum Gasteiger partial charge on any atom is 0.170 e. The molecule has 1 aromatic heterocycles. The molecular formula is C10H7ClFNO. The monoisotopic (exact) mass is 211 g/mol. The van der Waals surface area contributed by atoms with Crippen molar-refractivity contribution in [3.63, 3.8) is 0 Å². The minimum atomic E-state index is -0.370. The Bertz CT molecular complexity index is 467. The van der Waals surface area contributed by atoms with Crippen molar-refractivity contribution in [2.75, 3.05) is 0 Å². The van der Waals surface area contributed by atoms with Crippen LogP contribution in [0, 0.1) is 12.7 Å². The van der Waals surface area contributed by atoms with Crippen LogP contribution in [0.5, 0.6) is 0 Å². The third kappa shape index (κ3) is 1.63. The van der Waals surface area contributed by atoms with Crippen molar-refractivity contribution in [3.8, 4) is 11.3 Å². The zero-order valence-corrected chi connectivity index (χ0v) is 8.18. The van der Waals surface area contributed by atoms with E-state index in [0.717, 1.165) is 0 Å². The highest BCUT2D eigenvalue weighted by molar-refractivity contribution is 6.30. The standard InChI is InChI=1S/C10H7ClFNO/c1-6-4-10(14-13-6)8-5-7(11)2-3-9(8)12/h2-5H,1H3. The number of aryl methyl sites for hydroxylation is 1.